The minimum atomic E-state index is -0.0240. The van der Waals surface area contributed by atoms with Crippen LogP contribution in [0.3, 0.4) is 0 Å². The number of oxazole rings is 1. The third kappa shape index (κ3) is 5.51. The minimum absolute atomic E-state index is 0.0240. The van der Waals surface area contributed by atoms with Gasteiger partial charge in [0.25, 0.3) is 0 Å². The third-order valence-corrected chi connectivity index (χ3v) is 4.02. The van der Waals surface area contributed by atoms with Gasteiger partial charge in [-0.3, -0.25) is 4.79 Å². The number of carbonyl (C=O) groups excluding carboxylic acids is 1. The van der Waals surface area contributed by atoms with Crippen molar-refractivity contribution in [3.8, 4) is 11.3 Å². The quantitative estimate of drug-likeness (QED) is 0.744. The number of aryl methyl sites for hydroxylation is 1. The van der Waals surface area contributed by atoms with Crippen LogP contribution in [0.5, 0.6) is 0 Å². The highest BCUT2D eigenvalue weighted by Crippen LogP contribution is 2.30. The molecule has 1 aromatic heterocycles. The molecule has 1 atom stereocenters. The molecular weight excluding hydrogens is 349 g/mol. The molecule has 2 rings (SSSR count). The minimum Gasteiger partial charge on any atom is -0.441 e. The molecule has 130 valence electrons. The number of amides is 1. The molecule has 0 saturated carbocycles. The molecule has 0 spiro atoms. The number of aromatic nitrogens is 1. The second-order valence-corrected chi connectivity index (χ2v) is 6.35. The van der Waals surface area contributed by atoms with Crippen LogP contribution in [0.4, 0.5) is 0 Å². The van der Waals surface area contributed by atoms with E-state index < -0.39 is 0 Å². The zero-order chi connectivity index (χ0) is 17.5. The lowest BCUT2D eigenvalue weighted by Gasteiger charge is -2.12. The van der Waals surface area contributed by atoms with Crippen molar-refractivity contribution in [2.45, 2.75) is 32.7 Å². The molecule has 0 saturated heterocycles. The lowest BCUT2D eigenvalue weighted by atomic mass is 10.2. The highest BCUT2D eigenvalue weighted by Gasteiger charge is 2.12. The van der Waals surface area contributed by atoms with Gasteiger partial charge in [-0.15, -0.1) is 0 Å². The monoisotopic (exact) mass is 369 g/mol. The van der Waals surface area contributed by atoms with Crippen molar-refractivity contribution in [3.63, 3.8) is 0 Å². The predicted octanol–water partition coefficient (Wildman–Crippen LogP) is 3.70. The van der Waals surface area contributed by atoms with Gasteiger partial charge in [0, 0.05) is 36.0 Å². The smallest absolute Gasteiger partial charge is 0.220 e. The van der Waals surface area contributed by atoms with Crippen molar-refractivity contribution < 1.29 is 9.21 Å². The summed E-state index contributed by atoms with van der Waals surface area (Å²) in [6.07, 6.45) is 2.37. The van der Waals surface area contributed by atoms with E-state index >= 15 is 0 Å². The summed E-state index contributed by atoms with van der Waals surface area (Å²) >= 11 is 12.0. The maximum Gasteiger partial charge on any atom is 0.220 e. The van der Waals surface area contributed by atoms with Crippen molar-refractivity contribution in [3.05, 3.63) is 40.3 Å². The number of hydrogen-bond donors (Lipinski definition) is 2. The molecule has 0 fully saturated rings. The number of halogens is 2. The van der Waals surface area contributed by atoms with Crippen LogP contribution in [0.25, 0.3) is 11.3 Å². The Bertz CT molecular complexity index is 688. The molecule has 2 N–H and O–H groups in total. The molecule has 1 aromatic carbocycles. The molecule has 1 heterocycles. The van der Waals surface area contributed by atoms with E-state index in [9.17, 15) is 4.79 Å². The summed E-state index contributed by atoms with van der Waals surface area (Å²) in [5.74, 6) is 1.04. The lowest BCUT2D eigenvalue weighted by molar-refractivity contribution is -0.121. The molecular formula is C17H21Cl2N3O2. The second-order valence-electron chi connectivity index (χ2n) is 5.51. The van der Waals surface area contributed by atoms with Gasteiger partial charge in [0.15, 0.2) is 11.7 Å². The molecule has 24 heavy (non-hydrogen) atoms. The Kier molecular flexibility index (Phi) is 7.09. The Morgan fingerprint density at radius 2 is 2.17 bits per heavy atom. The summed E-state index contributed by atoms with van der Waals surface area (Å²) < 4.78 is 5.67. The number of nitrogens with zero attached hydrogens (tertiary/aromatic N) is 1. The molecule has 0 aliphatic heterocycles. The van der Waals surface area contributed by atoms with Crippen LogP contribution in [-0.4, -0.2) is 30.0 Å². The van der Waals surface area contributed by atoms with Crippen LogP contribution in [0, 0.1) is 0 Å². The number of rotatable bonds is 8. The van der Waals surface area contributed by atoms with Crippen molar-refractivity contribution in [2.75, 3.05) is 13.1 Å². The van der Waals surface area contributed by atoms with Crippen molar-refractivity contribution in [2.24, 2.45) is 0 Å². The highest BCUT2D eigenvalue weighted by atomic mass is 35.5. The molecule has 0 bridgehead atoms. The van der Waals surface area contributed by atoms with Crippen molar-refractivity contribution in [1.82, 2.24) is 15.6 Å². The first-order valence-corrected chi connectivity index (χ1v) is 8.65. The topological polar surface area (TPSA) is 67.2 Å². The number of benzene rings is 1. The van der Waals surface area contributed by atoms with Crippen LogP contribution in [0.1, 0.15) is 26.2 Å². The van der Waals surface area contributed by atoms with E-state index in [-0.39, 0.29) is 11.9 Å². The van der Waals surface area contributed by atoms with E-state index in [0.717, 1.165) is 12.1 Å². The summed E-state index contributed by atoms with van der Waals surface area (Å²) in [6, 6.07) is 5.42. The molecule has 0 aliphatic rings. The molecule has 0 aliphatic carbocycles. The summed E-state index contributed by atoms with van der Waals surface area (Å²) in [5.41, 5.74) is 0.726. The molecule has 0 unspecified atom stereocenters. The van der Waals surface area contributed by atoms with Gasteiger partial charge < -0.3 is 15.1 Å². The Hall–Kier alpha value is -1.56. The number of likely N-dealkylation sites (N-methyl/N-ethyl adjacent to an activating group) is 1. The third-order valence-electron chi connectivity index (χ3n) is 3.47. The van der Waals surface area contributed by atoms with Gasteiger partial charge in [-0.1, -0.05) is 30.1 Å². The van der Waals surface area contributed by atoms with E-state index in [1.54, 1.807) is 24.4 Å². The van der Waals surface area contributed by atoms with Gasteiger partial charge in [0.05, 0.1) is 11.2 Å². The zero-order valence-corrected chi connectivity index (χ0v) is 15.2. The first-order chi connectivity index (χ1) is 11.5. The first-order valence-electron chi connectivity index (χ1n) is 7.89. The lowest BCUT2D eigenvalue weighted by Crippen LogP contribution is -2.38. The fraction of sp³-hybridized carbons (Fsp3) is 0.412. The van der Waals surface area contributed by atoms with Crippen LogP contribution >= 0.6 is 23.2 Å². The van der Waals surface area contributed by atoms with E-state index in [0.29, 0.717) is 41.1 Å². The normalized spacial score (nSPS) is 12.2. The highest BCUT2D eigenvalue weighted by molar-refractivity contribution is 6.36. The maximum absolute atomic E-state index is 11.8. The van der Waals surface area contributed by atoms with Gasteiger partial charge in [-0.05, 0) is 31.7 Å². The first kappa shape index (κ1) is 18.8. The Balaban J connectivity index is 1.86. The Morgan fingerprint density at radius 3 is 2.88 bits per heavy atom. The zero-order valence-electron chi connectivity index (χ0n) is 13.7. The molecule has 7 heteroatoms. The number of carbonyl (C=O) groups is 1. The van der Waals surface area contributed by atoms with Gasteiger partial charge in [-0.25, -0.2) is 4.98 Å². The van der Waals surface area contributed by atoms with E-state index in [1.807, 2.05) is 13.8 Å². The average Bonchev–Trinajstić information content (AvgIpc) is 3.00. The van der Waals surface area contributed by atoms with Gasteiger partial charge in [0.1, 0.15) is 0 Å². The summed E-state index contributed by atoms with van der Waals surface area (Å²) in [6.45, 7) is 5.54. The van der Waals surface area contributed by atoms with Gasteiger partial charge in [0.2, 0.25) is 5.91 Å². The van der Waals surface area contributed by atoms with Crippen molar-refractivity contribution >= 4 is 29.1 Å². The van der Waals surface area contributed by atoms with Crippen LogP contribution in [0.2, 0.25) is 10.0 Å². The summed E-state index contributed by atoms with van der Waals surface area (Å²) in [4.78, 5) is 16.1. The number of hydrogen-bond acceptors (Lipinski definition) is 4. The predicted molar refractivity (Wildman–Crippen MR) is 96.4 cm³/mol. The second kappa shape index (κ2) is 9.06. The summed E-state index contributed by atoms with van der Waals surface area (Å²) in [7, 11) is 0. The maximum atomic E-state index is 11.8. The van der Waals surface area contributed by atoms with Crippen LogP contribution in [0.15, 0.2) is 28.8 Å². The molecule has 0 radical (unpaired) electrons. The van der Waals surface area contributed by atoms with Crippen molar-refractivity contribution in [1.29, 1.82) is 0 Å². The molecule has 2 aromatic rings. The fourth-order valence-electron chi connectivity index (χ4n) is 2.24. The van der Waals surface area contributed by atoms with Crippen LogP contribution in [-0.2, 0) is 11.2 Å². The average molecular weight is 370 g/mol. The number of nitrogens with one attached hydrogen (secondary N) is 2. The Morgan fingerprint density at radius 1 is 1.38 bits per heavy atom. The fourth-order valence-corrected chi connectivity index (χ4v) is 2.74. The van der Waals surface area contributed by atoms with E-state index in [4.69, 9.17) is 27.6 Å². The molecule has 1 amide bonds. The van der Waals surface area contributed by atoms with Crippen LogP contribution < -0.4 is 10.6 Å². The van der Waals surface area contributed by atoms with E-state index in [2.05, 4.69) is 15.6 Å². The standard InChI is InChI=1S/C17H21Cl2N3O2/c1-3-20-11(2)9-21-16(23)6-7-17-22-10-15(24-17)13-5-4-12(18)8-14(13)19/h4-5,8,10-11,20H,3,6-7,9H2,1-2H3,(H,21,23)/t11-/m1/s1. The SMILES string of the molecule is CCN[C@H](C)CNC(=O)CCc1ncc(-c2ccc(Cl)cc2Cl)o1. The molecule has 5 nitrogen and oxygen atoms in total. The summed E-state index contributed by atoms with van der Waals surface area (Å²) in [5, 5.41) is 7.18. The van der Waals surface area contributed by atoms with Gasteiger partial charge in [-0.2, -0.15) is 0 Å². The largest absolute Gasteiger partial charge is 0.441 e. The Labute approximate surface area is 151 Å². The van der Waals surface area contributed by atoms with E-state index in [1.165, 1.54) is 0 Å². The van der Waals surface area contributed by atoms with Gasteiger partial charge >= 0.3 is 0 Å².